The highest BCUT2D eigenvalue weighted by Crippen LogP contribution is 2.20. The van der Waals surface area contributed by atoms with Crippen LogP contribution in [-0.2, 0) is 0 Å². The Morgan fingerprint density at radius 1 is 1.07 bits per heavy atom. The van der Waals surface area contributed by atoms with Gasteiger partial charge in [0.05, 0.1) is 5.56 Å². The SMILES string of the molecule is O=C(c1ccccc1F)N1CCC(Oc2ccc(-n3cccn3)nn2)CC1. The molecule has 0 saturated carbocycles. The molecule has 2 aromatic heterocycles. The van der Waals surface area contributed by atoms with Crippen LogP contribution in [0.4, 0.5) is 4.39 Å². The van der Waals surface area contributed by atoms with Crippen molar-refractivity contribution in [2.24, 2.45) is 0 Å². The minimum atomic E-state index is -0.492. The lowest BCUT2D eigenvalue weighted by Crippen LogP contribution is -2.42. The normalized spacial score (nSPS) is 14.9. The standard InChI is InChI=1S/C19H18FN5O2/c20-16-5-2-1-4-15(16)19(26)24-12-8-14(9-13-24)27-18-7-6-17(22-23-18)25-11-3-10-21-25/h1-7,10-11,14H,8-9,12-13H2. The Balaban J connectivity index is 1.33. The summed E-state index contributed by atoms with van der Waals surface area (Å²) in [5, 5.41) is 12.3. The van der Waals surface area contributed by atoms with Crippen molar-refractivity contribution in [3.05, 3.63) is 66.2 Å². The van der Waals surface area contributed by atoms with Crippen molar-refractivity contribution in [2.75, 3.05) is 13.1 Å². The summed E-state index contributed by atoms with van der Waals surface area (Å²) in [6.07, 6.45) is 4.71. The van der Waals surface area contributed by atoms with Gasteiger partial charge >= 0.3 is 0 Å². The minimum Gasteiger partial charge on any atom is -0.473 e. The second-order valence-corrected chi connectivity index (χ2v) is 6.27. The largest absolute Gasteiger partial charge is 0.473 e. The number of hydrogen-bond acceptors (Lipinski definition) is 5. The zero-order valence-corrected chi connectivity index (χ0v) is 14.5. The molecule has 27 heavy (non-hydrogen) atoms. The molecule has 1 aromatic carbocycles. The van der Waals surface area contributed by atoms with Crippen molar-refractivity contribution >= 4 is 5.91 Å². The number of rotatable bonds is 4. The average Bonchev–Trinajstić information content (AvgIpc) is 3.24. The van der Waals surface area contributed by atoms with Crippen molar-refractivity contribution in [3.63, 3.8) is 0 Å². The summed E-state index contributed by atoms with van der Waals surface area (Å²) in [4.78, 5) is 14.1. The fourth-order valence-electron chi connectivity index (χ4n) is 3.05. The number of likely N-dealkylation sites (tertiary alicyclic amines) is 1. The monoisotopic (exact) mass is 367 g/mol. The van der Waals surface area contributed by atoms with E-state index in [-0.39, 0.29) is 17.6 Å². The van der Waals surface area contributed by atoms with Gasteiger partial charge in [-0.15, -0.1) is 10.2 Å². The molecular weight excluding hydrogens is 349 g/mol. The lowest BCUT2D eigenvalue weighted by molar-refractivity contribution is 0.0582. The van der Waals surface area contributed by atoms with Gasteiger partial charge in [0.2, 0.25) is 5.88 Å². The van der Waals surface area contributed by atoms with Crippen LogP contribution in [0.5, 0.6) is 5.88 Å². The Bertz CT molecular complexity index is 906. The van der Waals surface area contributed by atoms with Crippen molar-refractivity contribution in [2.45, 2.75) is 18.9 Å². The highest BCUT2D eigenvalue weighted by molar-refractivity contribution is 5.94. The van der Waals surface area contributed by atoms with E-state index in [0.717, 1.165) is 0 Å². The molecule has 1 aliphatic rings. The van der Waals surface area contributed by atoms with E-state index < -0.39 is 5.82 Å². The summed E-state index contributed by atoms with van der Waals surface area (Å²) in [6.45, 7) is 1.02. The van der Waals surface area contributed by atoms with Gasteiger partial charge < -0.3 is 9.64 Å². The number of hydrogen-bond donors (Lipinski definition) is 0. The van der Waals surface area contributed by atoms with E-state index in [1.807, 2.05) is 6.07 Å². The van der Waals surface area contributed by atoms with Gasteiger partial charge in [-0.25, -0.2) is 9.07 Å². The van der Waals surface area contributed by atoms with E-state index in [0.29, 0.717) is 37.6 Å². The molecule has 0 bridgehead atoms. The number of halogens is 1. The van der Waals surface area contributed by atoms with Crippen LogP contribution in [0.15, 0.2) is 54.9 Å². The van der Waals surface area contributed by atoms with E-state index in [2.05, 4.69) is 15.3 Å². The number of aromatic nitrogens is 4. The zero-order valence-electron chi connectivity index (χ0n) is 14.5. The van der Waals surface area contributed by atoms with Crippen LogP contribution in [0, 0.1) is 5.82 Å². The summed E-state index contributed by atoms with van der Waals surface area (Å²) in [5.74, 6) is 0.269. The van der Waals surface area contributed by atoms with E-state index in [4.69, 9.17) is 4.74 Å². The van der Waals surface area contributed by atoms with E-state index in [9.17, 15) is 9.18 Å². The number of nitrogens with zero attached hydrogens (tertiary/aromatic N) is 5. The Kier molecular flexibility index (Phi) is 4.78. The molecule has 3 heterocycles. The van der Waals surface area contributed by atoms with Crippen molar-refractivity contribution in [1.29, 1.82) is 0 Å². The predicted octanol–water partition coefficient (Wildman–Crippen LogP) is 2.49. The highest BCUT2D eigenvalue weighted by atomic mass is 19.1. The molecule has 1 fully saturated rings. The molecular formula is C19H18FN5O2. The maximum atomic E-state index is 13.8. The topological polar surface area (TPSA) is 73.1 Å². The van der Waals surface area contributed by atoms with Crippen molar-refractivity contribution in [3.8, 4) is 11.7 Å². The average molecular weight is 367 g/mol. The van der Waals surface area contributed by atoms with Gasteiger partial charge in [-0.2, -0.15) is 5.10 Å². The van der Waals surface area contributed by atoms with E-state index >= 15 is 0 Å². The predicted molar refractivity (Wildman–Crippen MR) is 95.1 cm³/mol. The summed E-state index contributed by atoms with van der Waals surface area (Å²) in [6, 6.07) is 11.4. The third-order valence-electron chi connectivity index (χ3n) is 4.49. The third-order valence-corrected chi connectivity index (χ3v) is 4.49. The van der Waals surface area contributed by atoms with Crippen molar-refractivity contribution in [1.82, 2.24) is 24.9 Å². The molecule has 0 aliphatic carbocycles. The summed E-state index contributed by atoms with van der Waals surface area (Å²) in [5.41, 5.74) is 0.108. The van der Waals surface area contributed by atoms with E-state index in [1.165, 1.54) is 12.1 Å². The quantitative estimate of drug-likeness (QED) is 0.708. The Labute approximate surface area is 155 Å². The molecule has 0 N–H and O–H groups in total. The Hall–Kier alpha value is -3.29. The molecule has 1 aliphatic heterocycles. The van der Waals surface area contributed by atoms with Crippen LogP contribution < -0.4 is 4.74 Å². The van der Waals surface area contributed by atoms with Crippen LogP contribution in [0.25, 0.3) is 5.82 Å². The van der Waals surface area contributed by atoms with Crippen LogP contribution in [-0.4, -0.2) is 50.0 Å². The molecule has 0 radical (unpaired) electrons. The molecule has 3 aromatic rings. The van der Waals surface area contributed by atoms with Crippen LogP contribution in [0.3, 0.4) is 0 Å². The lowest BCUT2D eigenvalue weighted by atomic mass is 10.1. The number of carbonyl (C=O) groups is 1. The molecule has 8 heteroatoms. The lowest BCUT2D eigenvalue weighted by Gasteiger charge is -2.32. The number of carbonyl (C=O) groups excluding carboxylic acids is 1. The molecule has 4 rings (SSSR count). The maximum absolute atomic E-state index is 13.8. The first kappa shape index (κ1) is 17.1. The van der Waals surface area contributed by atoms with Gasteiger partial charge in [-0.05, 0) is 24.3 Å². The first-order valence-corrected chi connectivity index (χ1v) is 8.75. The van der Waals surface area contributed by atoms with Crippen LogP contribution in [0.2, 0.25) is 0 Å². The van der Waals surface area contributed by atoms with Crippen molar-refractivity contribution < 1.29 is 13.9 Å². The van der Waals surface area contributed by atoms with Gasteiger partial charge in [-0.3, -0.25) is 4.79 Å². The number of piperidine rings is 1. The number of benzene rings is 1. The fraction of sp³-hybridized carbons (Fsp3) is 0.263. The van der Waals surface area contributed by atoms with E-state index in [1.54, 1.807) is 46.2 Å². The van der Waals surface area contributed by atoms with Gasteiger partial charge in [-0.1, -0.05) is 12.1 Å². The number of amides is 1. The Morgan fingerprint density at radius 3 is 2.56 bits per heavy atom. The van der Waals surface area contributed by atoms with Gasteiger partial charge in [0.25, 0.3) is 5.91 Å². The molecule has 0 atom stereocenters. The van der Waals surface area contributed by atoms with Gasteiger partial charge in [0.1, 0.15) is 11.9 Å². The second-order valence-electron chi connectivity index (χ2n) is 6.27. The Morgan fingerprint density at radius 2 is 1.89 bits per heavy atom. The molecule has 0 spiro atoms. The third kappa shape index (κ3) is 3.79. The fourth-order valence-corrected chi connectivity index (χ4v) is 3.05. The molecule has 0 unspecified atom stereocenters. The zero-order chi connectivity index (χ0) is 18.6. The summed E-state index contributed by atoms with van der Waals surface area (Å²) in [7, 11) is 0. The first-order valence-electron chi connectivity index (χ1n) is 8.75. The van der Waals surface area contributed by atoms with Crippen LogP contribution in [0.1, 0.15) is 23.2 Å². The summed E-state index contributed by atoms with van der Waals surface area (Å²) < 4.78 is 21.3. The molecule has 1 saturated heterocycles. The highest BCUT2D eigenvalue weighted by Gasteiger charge is 2.26. The second kappa shape index (κ2) is 7.53. The molecule has 7 nitrogen and oxygen atoms in total. The van der Waals surface area contributed by atoms with Gasteiger partial charge in [0.15, 0.2) is 5.82 Å². The van der Waals surface area contributed by atoms with Gasteiger partial charge in [0, 0.05) is 44.4 Å². The van der Waals surface area contributed by atoms with Crippen LogP contribution >= 0.6 is 0 Å². The minimum absolute atomic E-state index is 0.0560. The molecule has 138 valence electrons. The maximum Gasteiger partial charge on any atom is 0.256 e. The summed E-state index contributed by atoms with van der Waals surface area (Å²) >= 11 is 0. The number of ether oxygens (including phenoxy) is 1. The first-order chi connectivity index (χ1) is 13.2. The smallest absolute Gasteiger partial charge is 0.256 e. The molecule has 1 amide bonds.